The van der Waals surface area contributed by atoms with E-state index in [1.807, 2.05) is 29.8 Å². The number of nitrogens with one attached hydrogen (secondary N) is 1. The highest BCUT2D eigenvalue weighted by Crippen LogP contribution is 2.19. The van der Waals surface area contributed by atoms with Crippen LogP contribution in [0, 0.1) is 0 Å². The van der Waals surface area contributed by atoms with Gasteiger partial charge in [0.1, 0.15) is 5.69 Å². The molecule has 0 aromatic carbocycles. The smallest absolute Gasteiger partial charge is 0.274 e. The molecule has 0 aliphatic carbocycles. The lowest BCUT2D eigenvalue weighted by atomic mass is 10.1. The molecule has 1 aromatic heterocycles. The van der Waals surface area contributed by atoms with E-state index in [-0.39, 0.29) is 5.56 Å². The number of hydrogen-bond donors (Lipinski definition) is 1. The topological polar surface area (TPSA) is 43.3 Å². The van der Waals surface area contributed by atoms with Gasteiger partial charge in [-0.1, -0.05) is 0 Å². The molecule has 4 nitrogen and oxygen atoms in total. The number of pyridine rings is 1. The summed E-state index contributed by atoms with van der Waals surface area (Å²) in [6.07, 6.45) is 3.73. The quantitative estimate of drug-likeness (QED) is 0.845. The Balaban J connectivity index is 2.26. The van der Waals surface area contributed by atoms with Crippen molar-refractivity contribution in [1.82, 2.24) is 4.57 Å². The van der Waals surface area contributed by atoms with Crippen molar-refractivity contribution in [3.05, 3.63) is 28.7 Å². The van der Waals surface area contributed by atoms with Crippen molar-refractivity contribution < 1.29 is 4.74 Å². The molecule has 4 heteroatoms. The molecular weight excluding hydrogens is 204 g/mol. The SMILES string of the molecule is CCNc1cccn(C2CCOCC2)c1=O. The van der Waals surface area contributed by atoms with Crippen LogP contribution in [0.5, 0.6) is 0 Å². The number of rotatable bonds is 3. The minimum absolute atomic E-state index is 0.0799. The minimum Gasteiger partial charge on any atom is -0.381 e. The van der Waals surface area contributed by atoms with Gasteiger partial charge in [0.25, 0.3) is 5.56 Å². The summed E-state index contributed by atoms with van der Waals surface area (Å²) in [7, 11) is 0. The largest absolute Gasteiger partial charge is 0.381 e. The van der Waals surface area contributed by atoms with Crippen LogP contribution < -0.4 is 10.9 Å². The molecule has 0 bridgehead atoms. The summed E-state index contributed by atoms with van der Waals surface area (Å²) in [6, 6.07) is 4.05. The minimum atomic E-state index is 0.0799. The summed E-state index contributed by atoms with van der Waals surface area (Å²) in [5.41, 5.74) is 0.771. The second-order valence-corrected chi connectivity index (χ2v) is 4.01. The van der Waals surface area contributed by atoms with Crippen molar-refractivity contribution in [3.8, 4) is 0 Å². The maximum Gasteiger partial charge on any atom is 0.274 e. The van der Waals surface area contributed by atoms with Crippen molar-refractivity contribution >= 4 is 5.69 Å². The van der Waals surface area contributed by atoms with Crippen molar-refractivity contribution in [1.29, 1.82) is 0 Å². The molecule has 88 valence electrons. The third-order valence-electron chi connectivity index (χ3n) is 2.93. The van der Waals surface area contributed by atoms with Crippen molar-refractivity contribution in [2.24, 2.45) is 0 Å². The fraction of sp³-hybridized carbons (Fsp3) is 0.583. The summed E-state index contributed by atoms with van der Waals surface area (Å²) in [4.78, 5) is 12.1. The third kappa shape index (κ3) is 2.27. The molecule has 1 aromatic rings. The maximum atomic E-state index is 12.1. The molecule has 0 spiro atoms. The maximum absolute atomic E-state index is 12.1. The predicted molar refractivity (Wildman–Crippen MR) is 64.0 cm³/mol. The molecule has 1 fully saturated rings. The number of anilines is 1. The first-order valence-electron chi connectivity index (χ1n) is 5.85. The molecule has 0 amide bonds. The van der Waals surface area contributed by atoms with E-state index in [4.69, 9.17) is 4.74 Å². The average Bonchev–Trinajstić information content (AvgIpc) is 2.33. The monoisotopic (exact) mass is 222 g/mol. The van der Waals surface area contributed by atoms with Gasteiger partial charge in [0.15, 0.2) is 0 Å². The molecule has 1 saturated heterocycles. The highest BCUT2D eigenvalue weighted by atomic mass is 16.5. The van der Waals surface area contributed by atoms with Gasteiger partial charge in [-0.2, -0.15) is 0 Å². The molecule has 0 radical (unpaired) electrons. The normalized spacial score (nSPS) is 17.3. The lowest BCUT2D eigenvalue weighted by Crippen LogP contribution is -2.30. The van der Waals surface area contributed by atoms with Crippen LogP contribution in [0.2, 0.25) is 0 Å². The van der Waals surface area contributed by atoms with Gasteiger partial charge in [0.05, 0.1) is 0 Å². The zero-order valence-corrected chi connectivity index (χ0v) is 9.61. The van der Waals surface area contributed by atoms with E-state index >= 15 is 0 Å². The van der Waals surface area contributed by atoms with Gasteiger partial charge in [0.2, 0.25) is 0 Å². The average molecular weight is 222 g/mol. The molecule has 16 heavy (non-hydrogen) atoms. The summed E-state index contributed by atoms with van der Waals surface area (Å²) in [5.74, 6) is 0. The Morgan fingerprint density at radius 2 is 2.25 bits per heavy atom. The fourth-order valence-electron chi connectivity index (χ4n) is 2.09. The van der Waals surface area contributed by atoms with Gasteiger partial charge in [0, 0.05) is 32.0 Å². The second-order valence-electron chi connectivity index (χ2n) is 4.01. The van der Waals surface area contributed by atoms with Crippen molar-refractivity contribution in [2.45, 2.75) is 25.8 Å². The Kier molecular flexibility index (Phi) is 3.62. The highest BCUT2D eigenvalue weighted by Gasteiger charge is 2.17. The van der Waals surface area contributed by atoms with Gasteiger partial charge in [-0.05, 0) is 31.9 Å². The predicted octanol–water partition coefficient (Wildman–Crippen LogP) is 1.63. The first-order chi connectivity index (χ1) is 7.83. The molecule has 1 aliphatic heterocycles. The van der Waals surface area contributed by atoms with Crippen molar-refractivity contribution in [2.75, 3.05) is 25.1 Å². The van der Waals surface area contributed by atoms with Crippen LogP contribution in [0.4, 0.5) is 5.69 Å². The van der Waals surface area contributed by atoms with E-state index in [9.17, 15) is 4.79 Å². The van der Waals surface area contributed by atoms with Crippen molar-refractivity contribution in [3.63, 3.8) is 0 Å². The van der Waals surface area contributed by atoms with E-state index in [2.05, 4.69) is 5.32 Å². The van der Waals surface area contributed by atoms with Crippen LogP contribution in [-0.2, 0) is 4.74 Å². The number of aromatic nitrogens is 1. The molecule has 0 unspecified atom stereocenters. The first kappa shape index (κ1) is 11.2. The molecule has 0 atom stereocenters. The molecule has 1 N–H and O–H groups in total. The Labute approximate surface area is 95.2 Å². The Morgan fingerprint density at radius 3 is 2.94 bits per heavy atom. The van der Waals surface area contributed by atoms with Crippen LogP contribution in [0.25, 0.3) is 0 Å². The van der Waals surface area contributed by atoms with Gasteiger partial charge >= 0.3 is 0 Å². The summed E-state index contributed by atoms with van der Waals surface area (Å²) < 4.78 is 7.14. The third-order valence-corrected chi connectivity index (χ3v) is 2.93. The zero-order chi connectivity index (χ0) is 11.4. The van der Waals surface area contributed by atoms with Gasteiger partial charge in [-0.3, -0.25) is 4.79 Å². The van der Waals surface area contributed by atoms with Gasteiger partial charge in [-0.15, -0.1) is 0 Å². The lowest BCUT2D eigenvalue weighted by Gasteiger charge is -2.24. The number of hydrogen-bond acceptors (Lipinski definition) is 3. The first-order valence-corrected chi connectivity index (χ1v) is 5.85. The lowest BCUT2D eigenvalue weighted by molar-refractivity contribution is 0.0687. The summed E-state index contributed by atoms with van der Waals surface area (Å²) >= 11 is 0. The van der Waals surface area contributed by atoms with Crippen LogP contribution in [0.15, 0.2) is 23.1 Å². The Bertz CT molecular complexity index is 394. The van der Waals surface area contributed by atoms with Crippen LogP contribution in [0.3, 0.4) is 0 Å². The van der Waals surface area contributed by atoms with Gasteiger partial charge < -0.3 is 14.6 Å². The molecule has 2 heterocycles. The Morgan fingerprint density at radius 1 is 1.50 bits per heavy atom. The standard InChI is InChI=1S/C12H18N2O2/c1-2-13-11-4-3-7-14(12(11)15)10-5-8-16-9-6-10/h3-4,7,10,13H,2,5-6,8-9H2,1H3. The van der Waals surface area contributed by atoms with Crippen LogP contribution in [-0.4, -0.2) is 24.3 Å². The van der Waals surface area contributed by atoms with E-state index in [0.717, 1.165) is 32.6 Å². The molecule has 2 rings (SSSR count). The van der Waals surface area contributed by atoms with E-state index in [1.165, 1.54) is 0 Å². The summed E-state index contributed by atoms with van der Waals surface area (Å²) in [6.45, 7) is 4.27. The fourth-order valence-corrected chi connectivity index (χ4v) is 2.09. The molecule has 0 saturated carbocycles. The van der Waals surface area contributed by atoms with E-state index in [0.29, 0.717) is 11.7 Å². The van der Waals surface area contributed by atoms with E-state index in [1.54, 1.807) is 0 Å². The van der Waals surface area contributed by atoms with Crippen LogP contribution in [0.1, 0.15) is 25.8 Å². The van der Waals surface area contributed by atoms with E-state index < -0.39 is 0 Å². The number of ether oxygens (including phenoxy) is 1. The highest BCUT2D eigenvalue weighted by molar-refractivity contribution is 5.40. The van der Waals surface area contributed by atoms with Gasteiger partial charge in [-0.25, -0.2) is 0 Å². The Hall–Kier alpha value is -1.29. The zero-order valence-electron chi connectivity index (χ0n) is 9.61. The molecule has 1 aliphatic rings. The van der Waals surface area contributed by atoms with Crippen LogP contribution >= 0.6 is 0 Å². The molecular formula is C12H18N2O2. The summed E-state index contributed by atoms with van der Waals surface area (Å²) in [5, 5.41) is 3.09. The number of nitrogens with zero attached hydrogens (tertiary/aromatic N) is 1. The second kappa shape index (κ2) is 5.16.